The van der Waals surface area contributed by atoms with Crippen LogP contribution < -0.4 is 0 Å². The number of benzene rings is 1. The van der Waals surface area contributed by atoms with Crippen LogP contribution in [0.3, 0.4) is 0 Å². The standard InChI is InChI=1S/C31H36ClNO10/c1-7-39-25(34)24-23(19-14-12-13-15-22(19)32)21-17-31(28(37)42-10-4,29(38)43-11-5)30(26(35)40-8-2,27(36)41-9-3)16-20(21)18(6)33-24/h12-15H,7-11,16-17H2,1-6H3. The lowest BCUT2D eigenvalue weighted by Gasteiger charge is -2.46. The number of ether oxygens (including phenoxy) is 5. The Morgan fingerprint density at radius 1 is 0.698 bits per heavy atom. The number of pyridine rings is 1. The Morgan fingerprint density at radius 3 is 1.53 bits per heavy atom. The Bertz CT molecular complexity index is 1380. The van der Waals surface area contributed by atoms with Gasteiger partial charge in [0.15, 0.2) is 16.5 Å². The maximum atomic E-state index is 14.1. The van der Waals surface area contributed by atoms with E-state index < -0.39 is 53.5 Å². The molecule has 43 heavy (non-hydrogen) atoms. The minimum Gasteiger partial charge on any atom is -0.465 e. The molecule has 0 saturated heterocycles. The van der Waals surface area contributed by atoms with Gasteiger partial charge < -0.3 is 23.7 Å². The van der Waals surface area contributed by atoms with Gasteiger partial charge in [0.2, 0.25) is 0 Å². The molecule has 12 heteroatoms. The van der Waals surface area contributed by atoms with E-state index in [1.165, 1.54) is 27.7 Å². The number of fused-ring (bicyclic) bond motifs is 1. The molecule has 0 aliphatic heterocycles. The first-order valence-corrected chi connectivity index (χ1v) is 14.5. The highest BCUT2D eigenvalue weighted by Gasteiger charge is 2.75. The van der Waals surface area contributed by atoms with E-state index in [4.69, 9.17) is 35.3 Å². The van der Waals surface area contributed by atoms with E-state index in [1.54, 1.807) is 38.1 Å². The fourth-order valence-electron chi connectivity index (χ4n) is 5.54. The zero-order chi connectivity index (χ0) is 31.9. The molecule has 0 fully saturated rings. The van der Waals surface area contributed by atoms with E-state index in [2.05, 4.69) is 4.98 Å². The summed E-state index contributed by atoms with van der Waals surface area (Å²) in [5, 5.41) is 0.242. The summed E-state index contributed by atoms with van der Waals surface area (Å²) < 4.78 is 26.9. The van der Waals surface area contributed by atoms with E-state index in [0.29, 0.717) is 11.1 Å². The van der Waals surface area contributed by atoms with Gasteiger partial charge in [0.05, 0.1) is 33.0 Å². The monoisotopic (exact) mass is 617 g/mol. The molecule has 0 atom stereocenters. The molecule has 11 nitrogen and oxygen atoms in total. The number of carbonyl (C=O) groups excluding carboxylic acids is 5. The van der Waals surface area contributed by atoms with Crippen molar-refractivity contribution in [3.8, 4) is 11.1 Å². The van der Waals surface area contributed by atoms with Gasteiger partial charge in [0.25, 0.3) is 0 Å². The molecule has 1 heterocycles. The zero-order valence-corrected chi connectivity index (χ0v) is 25.9. The molecule has 1 aliphatic carbocycles. The first kappa shape index (κ1) is 33.5. The summed E-state index contributed by atoms with van der Waals surface area (Å²) in [4.78, 5) is 74.1. The van der Waals surface area contributed by atoms with Crippen LogP contribution in [0.2, 0.25) is 5.02 Å². The number of rotatable bonds is 11. The summed E-state index contributed by atoms with van der Waals surface area (Å²) in [6, 6.07) is 6.63. The predicted molar refractivity (Wildman–Crippen MR) is 154 cm³/mol. The largest absolute Gasteiger partial charge is 0.465 e. The van der Waals surface area contributed by atoms with Crippen molar-refractivity contribution >= 4 is 41.4 Å². The molecule has 2 aromatic rings. The molecule has 1 aromatic carbocycles. The van der Waals surface area contributed by atoms with Crippen molar-refractivity contribution in [1.29, 1.82) is 0 Å². The lowest BCUT2D eigenvalue weighted by Crippen LogP contribution is -2.66. The first-order valence-electron chi connectivity index (χ1n) is 14.1. The van der Waals surface area contributed by atoms with Crippen molar-refractivity contribution in [3.05, 3.63) is 51.8 Å². The number of aromatic nitrogens is 1. The third kappa shape index (κ3) is 5.70. The fourth-order valence-corrected chi connectivity index (χ4v) is 5.77. The van der Waals surface area contributed by atoms with Crippen LogP contribution in [0.15, 0.2) is 24.3 Å². The average molecular weight is 618 g/mol. The van der Waals surface area contributed by atoms with Crippen LogP contribution in [0.25, 0.3) is 11.1 Å². The van der Waals surface area contributed by atoms with E-state index in [1.807, 2.05) is 0 Å². The Kier molecular flexibility index (Phi) is 10.9. The number of nitrogens with zero attached hydrogens (tertiary/aromatic N) is 1. The minimum absolute atomic E-state index is 0.0447. The van der Waals surface area contributed by atoms with Gasteiger partial charge in [-0.15, -0.1) is 0 Å². The maximum Gasteiger partial charge on any atom is 0.357 e. The van der Waals surface area contributed by atoms with Gasteiger partial charge in [-0.3, -0.25) is 19.2 Å². The molecular weight excluding hydrogens is 582 g/mol. The molecular formula is C31H36ClNO10. The second-order valence-electron chi connectivity index (χ2n) is 9.62. The average Bonchev–Trinajstić information content (AvgIpc) is 2.97. The summed E-state index contributed by atoms with van der Waals surface area (Å²) in [6.45, 7) is 8.65. The molecule has 0 saturated carbocycles. The molecule has 0 spiro atoms. The minimum atomic E-state index is -2.61. The van der Waals surface area contributed by atoms with Gasteiger partial charge in [0.1, 0.15) is 0 Å². The Hall–Kier alpha value is -3.99. The third-order valence-corrected chi connectivity index (χ3v) is 7.67. The van der Waals surface area contributed by atoms with E-state index in [-0.39, 0.29) is 60.6 Å². The molecule has 0 bridgehead atoms. The summed E-state index contributed by atoms with van der Waals surface area (Å²) >= 11 is 6.62. The maximum absolute atomic E-state index is 14.1. The van der Waals surface area contributed by atoms with Gasteiger partial charge >= 0.3 is 29.8 Å². The van der Waals surface area contributed by atoms with Crippen LogP contribution in [0, 0.1) is 17.8 Å². The van der Waals surface area contributed by atoms with Crippen molar-refractivity contribution < 1.29 is 47.7 Å². The quantitative estimate of drug-likeness (QED) is 0.203. The van der Waals surface area contributed by atoms with Crippen LogP contribution in [-0.4, -0.2) is 67.9 Å². The Labute approximate surface area is 255 Å². The number of hydrogen-bond donors (Lipinski definition) is 0. The van der Waals surface area contributed by atoms with Gasteiger partial charge in [0, 0.05) is 34.7 Å². The zero-order valence-electron chi connectivity index (χ0n) is 25.2. The van der Waals surface area contributed by atoms with Gasteiger partial charge in [-0.2, -0.15) is 0 Å². The van der Waals surface area contributed by atoms with Crippen molar-refractivity contribution in [2.45, 2.75) is 54.4 Å². The van der Waals surface area contributed by atoms with Crippen molar-refractivity contribution in [2.75, 3.05) is 33.0 Å². The molecule has 1 aliphatic rings. The molecule has 232 valence electrons. The van der Waals surface area contributed by atoms with Crippen molar-refractivity contribution in [3.63, 3.8) is 0 Å². The van der Waals surface area contributed by atoms with E-state index in [9.17, 15) is 24.0 Å². The van der Waals surface area contributed by atoms with Crippen LogP contribution in [0.4, 0.5) is 0 Å². The normalized spacial score (nSPS) is 14.6. The van der Waals surface area contributed by atoms with Crippen molar-refractivity contribution in [1.82, 2.24) is 4.98 Å². The number of hydrogen-bond acceptors (Lipinski definition) is 11. The topological polar surface area (TPSA) is 144 Å². The smallest absolute Gasteiger partial charge is 0.357 e. The van der Waals surface area contributed by atoms with Crippen LogP contribution in [0.5, 0.6) is 0 Å². The third-order valence-electron chi connectivity index (χ3n) is 7.34. The van der Waals surface area contributed by atoms with E-state index >= 15 is 0 Å². The van der Waals surface area contributed by atoms with Crippen LogP contribution in [-0.2, 0) is 55.7 Å². The van der Waals surface area contributed by atoms with Crippen molar-refractivity contribution in [2.24, 2.45) is 10.8 Å². The summed E-state index contributed by atoms with van der Waals surface area (Å²) in [7, 11) is 0. The second-order valence-corrected chi connectivity index (χ2v) is 10.0. The number of aryl methyl sites for hydroxylation is 1. The summed E-state index contributed by atoms with van der Waals surface area (Å²) in [5.41, 5.74) is -3.88. The van der Waals surface area contributed by atoms with Crippen LogP contribution >= 0.6 is 11.6 Å². The molecule has 0 N–H and O–H groups in total. The lowest BCUT2D eigenvalue weighted by molar-refractivity contribution is -0.204. The summed E-state index contributed by atoms with van der Waals surface area (Å²) in [5.74, 6) is -5.45. The van der Waals surface area contributed by atoms with Gasteiger partial charge in [-0.05, 0) is 58.7 Å². The molecule has 1 aromatic heterocycles. The highest BCUT2D eigenvalue weighted by molar-refractivity contribution is 6.33. The van der Waals surface area contributed by atoms with Gasteiger partial charge in [-0.1, -0.05) is 29.8 Å². The van der Waals surface area contributed by atoms with Gasteiger partial charge in [-0.25, -0.2) is 9.78 Å². The Morgan fingerprint density at radius 2 is 1.12 bits per heavy atom. The highest BCUT2D eigenvalue weighted by Crippen LogP contribution is 2.55. The lowest BCUT2D eigenvalue weighted by atomic mass is 9.53. The molecule has 3 rings (SSSR count). The number of halogens is 1. The molecule has 0 amide bonds. The SMILES string of the molecule is CCOC(=O)c1nc(C)c2c(c1-c1ccccc1Cl)CC(C(=O)OCC)(C(=O)OCC)C(C(=O)OCC)(C(=O)OCC)C2. The van der Waals surface area contributed by atoms with E-state index in [0.717, 1.165) is 0 Å². The molecule has 0 unspecified atom stereocenters. The second kappa shape index (κ2) is 14.0. The highest BCUT2D eigenvalue weighted by atomic mass is 35.5. The Balaban J connectivity index is 2.62. The first-order chi connectivity index (χ1) is 20.5. The molecule has 0 radical (unpaired) electrons. The fraction of sp³-hybridized carbons (Fsp3) is 0.484. The number of esters is 5. The van der Waals surface area contributed by atoms with Crippen LogP contribution in [0.1, 0.15) is 61.9 Å². The predicted octanol–water partition coefficient (Wildman–Crippen LogP) is 4.21. The summed E-state index contributed by atoms with van der Waals surface area (Å²) in [6.07, 6.45) is -1.15. The number of carbonyl (C=O) groups is 5.